The molecule has 2 aliphatic rings. The van der Waals surface area contributed by atoms with Gasteiger partial charge in [0.2, 0.25) is 5.92 Å². The number of hydrogen-bond donors (Lipinski definition) is 2. The Kier molecular flexibility index (Phi) is 2.70. The molecule has 1 heterocycles. The van der Waals surface area contributed by atoms with E-state index in [0.717, 1.165) is 0 Å². The Morgan fingerprint density at radius 3 is 2.29 bits per heavy atom. The Hall–Kier alpha value is -0.750. The van der Waals surface area contributed by atoms with Crippen molar-refractivity contribution in [2.75, 3.05) is 20.1 Å². The molecule has 4 nitrogen and oxygen atoms in total. The highest BCUT2D eigenvalue weighted by atomic mass is 19.3. The number of carbonyl (C=O) groups is 1. The highest BCUT2D eigenvalue weighted by molar-refractivity contribution is 5.77. The summed E-state index contributed by atoms with van der Waals surface area (Å²) in [7, 11) is 1.75. The van der Waals surface area contributed by atoms with Crippen LogP contribution in [0.15, 0.2) is 0 Å². The van der Waals surface area contributed by atoms with Crippen LogP contribution in [0, 0.1) is 5.41 Å². The average Bonchev–Trinajstić information content (AvgIpc) is 2.69. The first kappa shape index (κ1) is 12.7. The van der Waals surface area contributed by atoms with E-state index >= 15 is 0 Å². The normalized spacial score (nSPS) is 41.9. The number of alkyl halides is 2. The van der Waals surface area contributed by atoms with Gasteiger partial charge >= 0.3 is 5.97 Å². The maximum absolute atomic E-state index is 13.3. The molecule has 0 radical (unpaired) electrons. The molecule has 0 amide bonds. The molecule has 98 valence electrons. The molecule has 6 heteroatoms. The first-order chi connectivity index (χ1) is 7.71. The number of nitrogens with zero attached hydrogens (tertiary/aromatic N) is 1. The van der Waals surface area contributed by atoms with Crippen molar-refractivity contribution in [3.63, 3.8) is 0 Å². The predicted molar refractivity (Wildman–Crippen MR) is 55.9 cm³/mol. The van der Waals surface area contributed by atoms with Gasteiger partial charge in [0.05, 0.1) is 5.60 Å². The van der Waals surface area contributed by atoms with Crippen molar-refractivity contribution < 1.29 is 23.8 Å². The van der Waals surface area contributed by atoms with Crippen molar-refractivity contribution in [2.24, 2.45) is 5.41 Å². The third-order valence-corrected chi connectivity index (χ3v) is 4.22. The van der Waals surface area contributed by atoms with E-state index < -0.39 is 35.7 Å². The second-order valence-electron chi connectivity index (χ2n) is 5.44. The van der Waals surface area contributed by atoms with Crippen LogP contribution in [0.4, 0.5) is 8.78 Å². The van der Waals surface area contributed by atoms with Crippen LogP contribution < -0.4 is 0 Å². The molecule has 2 fully saturated rings. The van der Waals surface area contributed by atoms with Gasteiger partial charge in [0.15, 0.2) is 0 Å². The first-order valence-corrected chi connectivity index (χ1v) is 5.73. The van der Waals surface area contributed by atoms with Gasteiger partial charge in [-0.3, -0.25) is 4.79 Å². The number of hydrogen-bond acceptors (Lipinski definition) is 3. The van der Waals surface area contributed by atoms with E-state index in [9.17, 15) is 23.8 Å². The summed E-state index contributed by atoms with van der Waals surface area (Å²) in [6.45, 7) is 0.687. The maximum Gasteiger partial charge on any atom is 0.312 e. The van der Waals surface area contributed by atoms with Crippen molar-refractivity contribution in [2.45, 2.75) is 37.2 Å². The van der Waals surface area contributed by atoms with Crippen LogP contribution in [0.1, 0.15) is 25.7 Å². The van der Waals surface area contributed by atoms with E-state index in [1.165, 1.54) is 0 Å². The average molecular weight is 249 g/mol. The van der Waals surface area contributed by atoms with Crippen LogP contribution in [0.2, 0.25) is 0 Å². The number of aliphatic hydroxyl groups is 1. The van der Waals surface area contributed by atoms with Crippen LogP contribution in [0.5, 0.6) is 0 Å². The van der Waals surface area contributed by atoms with Crippen LogP contribution in [-0.2, 0) is 4.79 Å². The Bertz CT molecular complexity index is 350. The molecule has 1 saturated carbocycles. The van der Waals surface area contributed by atoms with E-state index in [2.05, 4.69) is 0 Å². The molecule has 0 aromatic carbocycles. The Morgan fingerprint density at radius 2 is 1.94 bits per heavy atom. The van der Waals surface area contributed by atoms with Crippen LogP contribution in [0.25, 0.3) is 0 Å². The lowest BCUT2D eigenvalue weighted by atomic mass is 9.69. The van der Waals surface area contributed by atoms with Gasteiger partial charge < -0.3 is 15.1 Å². The number of carboxylic acid groups (broad SMARTS) is 1. The SMILES string of the molecule is CN1CCC(O)(C2(C(=O)O)CCC(F)(F)C2)C1. The molecule has 2 N–H and O–H groups in total. The van der Waals surface area contributed by atoms with Gasteiger partial charge in [-0.2, -0.15) is 0 Å². The first-order valence-electron chi connectivity index (χ1n) is 5.73. The fourth-order valence-electron chi connectivity index (χ4n) is 3.16. The summed E-state index contributed by atoms with van der Waals surface area (Å²) in [4.78, 5) is 13.2. The second kappa shape index (κ2) is 3.62. The van der Waals surface area contributed by atoms with E-state index in [4.69, 9.17) is 0 Å². The van der Waals surface area contributed by atoms with E-state index in [1.807, 2.05) is 0 Å². The summed E-state index contributed by atoms with van der Waals surface area (Å²) in [5, 5.41) is 19.8. The molecule has 0 spiro atoms. The molecule has 17 heavy (non-hydrogen) atoms. The smallest absolute Gasteiger partial charge is 0.312 e. The Morgan fingerprint density at radius 1 is 1.29 bits per heavy atom. The second-order valence-corrected chi connectivity index (χ2v) is 5.44. The van der Waals surface area contributed by atoms with Crippen LogP contribution in [-0.4, -0.2) is 52.7 Å². The molecule has 0 aromatic rings. The van der Waals surface area contributed by atoms with Gasteiger partial charge in [0, 0.05) is 25.9 Å². The third-order valence-electron chi connectivity index (χ3n) is 4.22. The number of likely N-dealkylation sites (tertiary alicyclic amines) is 1. The van der Waals surface area contributed by atoms with E-state index in [0.29, 0.717) is 6.54 Å². The van der Waals surface area contributed by atoms with Crippen molar-refractivity contribution in [3.8, 4) is 0 Å². The highest BCUT2D eigenvalue weighted by Crippen LogP contribution is 2.55. The maximum atomic E-state index is 13.3. The molecular weight excluding hydrogens is 232 g/mol. The zero-order valence-electron chi connectivity index (χ0n) is 9.75. The standard InChI is InChI=1S/C11H17F2NO3/c1-14-5-4-10(17,7-14)9(8(15)16)2-3-11(12,13)6-9/h17H,2-7H2,1H3,(H,15,16). The lowest BCUT2D eigenvalue weighted by molar-refractivity contribution is -0.171. The fourth-order valence-corrected chi connectivity index (χ4v) is 3.16. The lowest BCUT2D eigenvalue weighted by Gasteiger charge is -2.39. The number of halogens is 2. The van der Waals surface area contributed by atoms with Crippen LogP contribution in [0.3, 0.4) is 0 Å². The minimum Gasteiger partial charge on any atom is -0.481 e. The third kappa shape index (κ3) is 1.83. The number of likely N-dealkylation sites (N-methyl/N-ethyl adjacent to an activating group) is 1. The van der Waals surface area contributed by atoms with Crippen molar-refractivity contribution in [3.05, 3.63) is 0 Å². The number of aliphatic carboxylic acids is 1. The van der Waals surface area contributed by atoms with Crippen molar-refractivity contribution in [1.82, 2.24) is 4.90 Å². The molecular formula is C11H17F2NO3. The fraction of sp³-hybridized carbons (Fsp3) is 0.909. The molecule has 1 aliphatic carbocycles. The number of rotatable bonds is 2. The largest absolute Gasteiger partial charge is 0.481 e. The number of carboxylic acids is 1. The van der Waals surface area contributed by atoms with Gasteiger partial charge in [-0.05, 0) is 19.9 Å². The van der Waals surface area contributed by atoms with Crippen molar-refractivity contribution in [1.29, 1.82) is 0 Å². The molecule has 0 aromatic heterocycles. The highest BCUT2D eigenvalue weighted by Gasteiger charge is 2.65. The van der Waals surface area contributed by atoms with Gasteiger partial charge in [-0.15, -0.1) is 0 Å². The minimum atomic E-state index is -2.98. The van der Waals surface area contributed by atoms with Gasteiger partial charge in [0.1, 0.15) is 5.41 Å². The summed E-state index contributed by atoms with van der Waals surface area (Å²) >= 11 is 0. The molecule has 1 aliphatic heterocycles. The van der Waals surface area contributed by atoms with Crippen molar-refractivity contribution >= 4 is 5.97 Å². The molecule has 2 unspecified atom stereocenters. The number of β-amino-alcohol motifs (C(OH)–C–C–N with tert-alkyl or cyclic N) is 1. The van der Waals surface area contributed by atoms with E-state index in [-0.39, 0.29) is 19.4 Å². The molecule has 0 bridgehead atoms. The quantitative estimate of drug-likeness (QED) is 0.764. The lowest BCUT2D eigenvalue weighted by Crippen LogP contribution is -2.54. The Labute approximate surface area is 98.2 Å². The summed E-state index contributed by atoms with van der Waals surface area (Å²) in [6.07, 6.45) is -1.11. The zero-order valence-corrected chi connectivity index (χ0v) is 9.75. The monoisotopic (exact) mass is 249 g/mol. The van der Waals surface area contributed by atoms with E-state index in [1.54, 1.807) is 11.9 Å². The molecule has 1 saturated heterocycles. The van der Waals surface area contributed by atoms with Gasteiger partial charge in [0.25, 0.3) is 0 Å². The minimum absolute atomic E-state index is 0.148. The predicted octanol–water partition coefficient (Wildman–Crippen LogP) is 0.943. The van der Waals surface area contributed by atoms with Gasteiger partial charge in [-0.1, -0.05) is 0 Å². The molecule has 2 rings (SSSR count). The van der Waals surface area contributed by atoms with Crippen LogP contribution >= 0.6 is 0 Å². The Balaban J connectivity index is 2.34. The summed E-state index contributed by atoms with van der Waals surface area (Å²) in [6, 6.07) is 0. The summed E-state index contributed by atoms with van der Waals surface area (Å²) < 4.78 is 26.7. The summed E-state index contributed by atoms with van der Waals surface area (Å²) in [5.41, 5.74) is -3.23. The van der Waals surface area contributed by atoms with Gasteiger partial charge in [-0.25, -0.2) is 8.78 Å². The summed E-state index contributed by atoms with van der Waals surface area (Å²) in [5.74, 6) is -4.28. The zero-order chi connectivity index (χ0) is 12.9. The molecule has 2 atom stereocenters. The topological polar surface area (TPSA) is 60.8 Å².